The summed E-state index contributed by atoms with van der Waals surface area (Å²) >= 11 is 6.19. The van der Waals surface area contributed by atoms with E-state index in [1.165, 1.54) is 0 Å². The average Bonchev–Trinajstić information content (AvgIpc) is 3.19. The van der Waals surface area contributed by atoms with Crippen LogP contribution in [-0.2, 0) is 9.53 Å². The number of pyridine rings is 1. The molecule has 2 aliphatic rings. The van der Waals surface area contributed by atoms with E-state index in [9.17, 15) is 4.79 Å². The average molecular weight is 390 g/mol. The van der Waals surface area contributed by atoms with Crippen LogP contribution in [0.4, 0.5) is 5.69 Å². The van der Waals surface area contributed by atoms with Crippen molar-refractivity contribution in [1.29, 1.82) is 0 Å². The zero-order valence-electron chi connectivity index (χ0n) is 15.2. The third-order valence-corrected chi connectivity index (χ3v) is 5.70. The van der Waals surface area contributed by atoms with Gasteiger partial charge in [0.25, 0.3) is 0 Å². The van der Waals surface area contributed by atoms with E-state index in [1.807, 2.05) is 16.9 Å². The number of primary amides is 1. The lowest BCUT2D eigenvalue weighted by molar-refractivity contribution is -0.122. The number of rotatable bonds is 4. The van der Waals surface area contributed by atoms with Gasteiger partial charge in [0.1, 0.15) is 5.15 Å². The van der Waals surface area contributed by atoms with Crippen LogP contribution in [0.5, 0.6) is 0 Å². The molecule has 2 saturated heterocycles. The number of carbonyl (C=O) groups is 1. The second kappa shape index (κ2) is 7.86. The van der Waals surface area contributed by atoms with E-state index >= 15 is 0 Å². The summed E-state index contributed by atoms with van der Waals surface area (Å²) in [5.41, 5.74) is 8.50. The number of piperidine rings is 1. The van der Waals surface area contributed by atoms with Gasteiger partial charge in [0.2, 0.25) is 5.91 Å². The molecule has 0 spiro atoms. The van der Waals surface area contributed by atoms with Gasteiger partial charge < -0.3 is 15.4 Å². The lowest BCUT2D eigenvalue weighted by Gasteiger charge is -2.34. The van der Waals surface area contributed by atoms with Crippen molar-refractivity contribution in [3.63, 3.8) is 0 Å². The number of halogens is 1. The topological polar surface area (TPSA) is 86.3 Å². The molecule has 4 heterocycles. The van der Waals surface area contributed by atoms with Crippen LogP contribution in [0.3, 0.4) is 0 Å². The molecule has 0 bridgehead atoms. The number of aromatic nitrogens is 3. The SMILES string of the molecule is NC(=O)[C@H]1CCCN(c2cc(Cl)ncc2-c2cnn(C3CCOCC3)c2)C1. The Labute approximate surface area is 163 Å². The minimum absolute atomic E-state index is 0.136. The first kappa shape index (κ1) is 18.3. The molecule has 2 aliphatic heterocycles. The van der Waals surface area contributed by atoms with E-state index in [4.69, 9.17) is 22.1 Å². The van der Waals surface area contributed by atoms with Gasteiger partial charge in [-0.3, -0.25) is 9.48 Å². The molecule has 4 rings (SSSR count). The molecule has 2 aromatic rings. The summed E-state index contributed by atoms with van der Waals surface area (Å²) in [4.78, 5) is 18.1. The lowest BCUT2D eigenvalue weighted by Crippen LogP contribution is -2.41. The molecule has 0 saturated carbocycles. The van der Waals surface area contributed by atoms with Gasteiger partial charge in [0.15, 0.2) is 0 Å². The Bertz CT molecular complexity index is 818. The Kier molecular flexibility index (Phi) is 5.31. The normalized spacial score (nSPS) is 21.4. The van der Waals surface area contributed by atoms with Gasteiger partial charge in [-0.15, -0.1) is 0 Å². The lowest BCUT2D eigenvalue weighted by atomic mass is 9.96. The van der Waals surface area contributed by atoms with Gasteiger partial charge in [0.05, 0.1) is 18.2 Å². The molecule has 0 aromatic carbocycles. The molecule has 0 unspecified atom stereocenters. The smallest absolute Gasteiger partial charge is 0.222 e. The van der Waals surface area contributed by atoms with E-state index in [-0.39, 0.29) is 11.8 Å². The van der Waals surface area contributed by atoms with Crippen molar-refractivity contribution in [2.45, 2.75) is 31.7 Å². The van der Waals surface area contributed by atoms with Crippen molar-refractivity contribution in [3.8, 4) is 11.1 Å². The van der Waals surface area contributed by atoms with Crippen molar-refractivity contribution in [3.05, 3.63) is 29.8 Å². The van der Waals surface area contributed by atoms with E-state index in [1.54, 1.807) is 6.20 Å². The molecule has 2 fully saturated rings. The van der Waals surface area contributed by atoms with Gasteiger partial charge in [-0.05, 0) is 31.7 Å². The van der Waals surface area contributed by atoms with Crippen LogP contribution in [0, 0.1) is 5.92 Å². The predicted octanol–water partition coefficient (Wildman–Crippen LogP) is 2.65. The standard InChI is InChI=1S/C19H24ClN5O2/c20-18-8-17(24-5-1-2-13(11-24)19(21)26)16(10-22-18)14-9-23-25(12-14)15-3-6-27-7-4-15/h8-10,12-13,15H,1-7,11H2,(H2,21,26)/t13-/m0/s1. The van der Waals surface area contributed by atoms with Crippen molar-refractivity contribution >= 4 is 23.2 Å². The maximum atomic E-state index is 11.7. The van der Waals surface area contributed by atoms with E-state index < -0.39 is 0 Å². The summed E-state index contributed by atoms with van der Waals surface area (Å²) in [6.45, 7) is 3.02. The summed E-state index contributed by atoms with van der Waals surface area (Å²) in [7, 11) is 0. The fourth-order valence-corrected chi connectivity index (χ4v) is 4.11. The molecule has 0 aliphatic carbocycles. The second-order valence-electron chi connectivity index (χ2n) is 7.26. The molecule has 2 aromatic heterocycles. The highest BCUT2D eigenvalue weighted by Gasteiger charge is 2.26. The maximum absolute atomic E-state index is 11.7. The Morgan fingerprint density at radius 3 is 2.85 bits per heavy atom. The van der Waals surface area contributed by atoms with Crippen LogP contribution in [0.2, 0.25) is 5.15 Å². The van der Waals surface area contributed by atoms with Gasteiger partial charge in [-0.25, -0.2) is 4.98 Å². The third-order valence-electron chi connectivity index (χ3n) is 5.49. The molecule has 1 atom stereocenters. The van der Waals surface area contributed by atoms with Crippen LogP contribution >= 0.6 is 11.6 Å². The van der Waals surface area contributed by atoms with Gasteiger partial charge in [0, 0.05) is 55.5 Å². The summed E-state index contributed by atoms with van der Waals surface area (Å²) in [5, 5.41) is 5.01. The molecule has 27 heavy (non-hydrogen) atoms. The second-order valence-corrected chi connectivity index (χ2v) is 7.65. The molecule has 1 amide bonds. The minimum Gasteiger partial charge on any atom is -0.381 e. The molecular weight excluding hydrogens is 366 g/mol. The molecule has 2 N–H and O–H groups in total. The van der Waals surface area contributed by atoms with Crippen molar-refractivity contribution < 1.29 is 9.53 Å². The summed E-state index contributed by atoms with van der Waals surface area (Å²) < 4.78 is 7.47. The fraction of sp³-hybridized carbons (Fsp3) is 0.526. The predicted molar refractivity (Wildman–Crippen MR) is 104 cm³/mol. The summed E-state index contributed by atoms with van der Waals surface area (Å²) in [5.74, 6) is -0.378. The molecule has 8 heteroatoms. The Hall–Kier alpha value is -2.12. The van der Waals surface area contributed by atoms with Crippen LogP contribution in [0.1, 0.15) is 31.7 Å². The highest BCUT2D eigenvalue weighted by molar-refractivity contribution is 6.29. The number of anilines is 1. The zero-order valence-corrected chi connectivity index (χ0v) is 15.9. The fourth-order valence-electron chi connectivity index (χ4n) is 3.96. The third kappa shape index (κ3) is 3.94. The summed E-state index contributed by atoms with van der Waals surface area (Å²) in [6.07, 6.45) is 9.44. The quantitative estimate of drug-likeness (QED) is 0.812. The van der Waals surface area contributed by atoms with Gasteiger partial charge in [-0.1, -0.05) is 11.6 Å². The van der Waals surface area contributed by atoms with Gasteiger partial charge in [-0.2, -0.15) is 5.10 Å². The van der Waals surface area contributed by atoms with Crippen LogP contribution < -0.4 is 10.6 Å². The summed E-state index contributed by atoms with van der Waals surface area (Å²) in [6, 6.07) is 2.23. The number of amides is 1. The first-order valence-corrected chi connectivity index (χ1v) is 9.81. The number of ether oxygens (including phenoxy) is 1. The van der Waals surface area contributed by atoms with E-state index in [2.05, 4.69) is 21.2 Å². The Morgan fingerprint density at radius 2 is 2.07 bits per heavy atom. The van der Waals surface area contributed by atoms with E-state index in [0.29, 0.717) is 17.7 Å². The largest absolute Gasteiger partial charge is 0.381 e. The number of hydrogen-bond acceptors (Lipinski definition) is 5. The first-order chi connectivity index (χ1) is 13.1. The highest BCUT2D eigenvalue weighted by Crippen LogP contribution is 2.35. The number of carbonyl (C=O) groups excluding carboxylic acids is 1. The molecule has 7 nitrogen and oxygen atoms in total. The monoisotopic (exact) mass is 389 g/mol. The minimum atomic E-state index is -0.242. The first-order valence-electron chi connectivity index (χ1n) is 9.44. The van der Waals surface area contributed by atoms with Crippen molar-refractivity contribution in [1.82, 2.24) is 14.8 Å². The highest BCUT2D eigenvalue weighted by atomic mass is 35.5. The molecular formula is C19H24ClN5O2. The number of hydrogen-bond donors (Lipinski definition) is 1. The zero-order chi connectivity index (χ0) is 18.8. The molecule has 0 radical (unpaired) electrons. The number of nitrogens with zero attached hydrogens (tertiary/aromatic N) is 4. The van der Waals surface area contributed by atoms with Crippen LogP contribution in [-0.4, -0.2) is 47.0 Å². The van der Waals surface area contributed by atoms with Crippen molar-refractivity contribution in [2.24, 2.45) is 11.7 Å². The molecule has 144 valence electrons. The van der Waals surface area contributed by atoms with Crippen LogP contribution in [0.15, 0.2) is 24.7 Å². The Morgan fingerprint density at radius 1 is 1.26 bits per heavy atom. The van der Waals surface area contributed by atoms with Crippen LogP contribution in [0.25, 0.3) is 11.1 Å². The maximum Gasteiger partial charge on any atom is 0.222 e. The van der Waals surface area contributed by atoms with Crippen molar-refractivity contribution in [2.75, 3.05) is 31.2 Å². The number of nitrogens with two attached hydrogens (primary N) is 1. The Balaban J connectivity index is 1.63. The van der Waals surface area contributed by atoms with E-state index in [0.717, 1.165) is 62.3 Å². The van der Waals surface area contributed by atoms with Gasteiger partial charge >= 0.3 is 0 Å².